The third kappa shape index (κ3) is 5.27. The molecule has 3 aromatic rings. The summed E-state index contributed by atoms with van der Waals surface area (Å²) in [7, 11) is 0. The van der Waals surface area contributed by atoms with Crippen LogP contribution in [0.15, 0.2) is 67.0 Å². The Morgan fingerprint density at radius 3 is 2.47 bits per heavy atom. The number of hydrogen-bond donors (Lipinski definition) is 1. The summed E-state index contributed by atoms with van der Waals surface area (Å²) in [5.41, 5.74) is 2.54. The molecule has 1 aliphatic heterocycles. The highest BCUT2D eigenvalue weighted by Crippen LogP contribution is 2.29. The lowest BCUT2D eigenvalue weighted by molar-refractivity contribution is -0.274. The first-order valence-electron chi connectivity index (χ1n) is 9.66. The molecule has 0 saturated carbocycles. The van der Waals surface area contributed by atoms with Crippen LogP contribution in [0.25, 0.3) is 11.3 Å². The number of alkyl halides is 3. The summed E-state index contributed by atoms with van der Waals surface area (Å²) in [4.78, 5) is 11.2. The number of aromatic nitrogens is 2. The van der Waals surface area contributed by atoms with Crippen molar-refractivity contribution in [1.29, 1.82) is 0 Å². The van der Waals surface area contributed by atoms with Gasteiger partial charge in [0, 0.05) is 43.6 Å². The Bertz CT molecular complexity index is 964. The number of nitrogens with zero attached hydrogens (tertiary/aromatic N) is 3. The maximum Gasteiger partial charge on any atom is 0.573 e. The fraction of sp³-hybridized carbons (Fsp3) is 0.273. The summed E-state index contributed by atoms with van der Waals surface area (Å²) in [6.07, 6.45) is -0.573. The number of likely N-dealkylation sites (tertiary alicyclic amines) is 1. The first kappa shape index (κ1) is 20.2. The summed E-state index contributed by atoms with van der Waals surface area (Å²) in [6.45, 7) is 2.75. The molecule has 2 heterocycles. The highest BCUT2D eigenvalue weighted by molar-refractivity contribution is 5.71. The third-order valence-electron chi connectivity index (χ3n) is 4.92. The zero-order valence-corrected chi connectivity index (χ0v) is 16.1. The molecule has 0 unspecified atom stereocenters. The monoisotopic (exact) mass is 414 g/mol. The second-order valence-corrected chi connectivity index (χ2v) is 7.18. The first-order valence-corrected chi connectivity index (χ1v) is 9.66. The predicted molar refractivity (Wildman–Crippen MR) is 108 cm³/mol. The van der Waals surface area contributed by atoms with E-state index in [1.807, 2.05) is 18.2 Å². The van der Waals surface area contributed by atoms with Crippen LogP contribution in [0.4, 0.5) is 19.0 Å². The molecule has 30 heavy (non-hydrogen) atoms. The molecule has 1 atom stereocenters. The van der Waals surface area contributed by atoms with Gasteiger partial charge in [-0.25, -0.2) is 4.98 Å². The fourth-order valence-corrected chi connectivity index (χ4v) is 3.60. The van der Waals surface area contributed by atoms with E-state index < -0.39 is 6.36 Å². The summed E-state index contributed by atoms with van der Waals surface area (Å²) < 4.78 is 41.0. The Hall–Kier alpha value is -3.13. The van der Waals surface area contributed by atoms with Crippen LogP contribution < -0.4 is 10.1 Å². The SMILES string of the molecule is FC(F)(F)Oc1ccc(-c2nccnc2N[C@H]2CCN(Cc3ccccc3)C2)cc1. The Kier molecular flexibility index (Phi) is 5.85. The van der Waals surface area contributed by atoms with E-state index in [0.29, 0.717) is 17.1 Å². The van der Waals surface area contributed by atoms with E-state index in [-0.39, 0.29) is 11.8 Å². The van der Waals surface area contributed by atoms with Crippen molar-refractivity contribution < 1.29 is 17.9 Å². The minimum absolute atomic E-state index is 0.219. The molecule has 5 nitrogen and oxygen atoms in total. The minimum Gasteiger partial charge on any atom is -0.406 e. The van der Waals surface area contributed by atoms with Crippen molar-refractivity contribution in [3.05, 3.63) is 72.6 Å². The molecule has 1 aromatic heterocycles. The van der Waals surface area contributed by atoms with Gasteiger partial charge in [0.1, 0.15) is 11.4 Å². The van der Waals surface area contributed by atoms with Crippen LogP contribution in [0, 0.1) is 0 Å². The lowest BCUT2D eigenvalue weighted by Crippen LogP contribution is -2.26. The molecule has 4 rings (SSSR count). The molecule has 156 valence electrons. The lowest BCUT2D eigenvalue weighted by Gasteiger charge is -2.18. The number of rotatable bonds is 6. The second-order valence-electron chi connectivity index (χ2n) is 7.18. The van der Waals surface area contributed by atoms with Crippen molar-refractivity contribution in [1.82, 2.24) is 14.9 Å². The van der Waals surface area contributed by atoms with Crippen molar-refractivity contribution in [2.45, 2.75) is 25.4 Å². The van der Waals surface area contributed by atoms with Crippen LogP contribution in [0.3, 0.4) is 0 Å². The molecule has 0 bridgehead atoms. The van der Waals surface area contributed by atoms with Gasteiger partial charge in [0.15, 0.2) is 5.82 Å². The molecule has 2 aromatic carbocycles. The second kappa shape index (κ2) is 8.71. The normalized spacial score (nSPS) is 17.1. The molecule has 0 spiro atoms. The van der Waals surface area contributed by atoms with Gasteiger partial charge in [-0.3, -0.25) is 9.88 Å². The van der Waals surface area contributed by atoms with Crippen molar-refractivity contribution in [2.24, 2.45) is 0 Å². The summed E-state index contributed by atoms with van der Waals surface area (Å²) in [5.74, 6) is 0.352. The maximum atomic E-state index is 12.4. The molecule has 8 heteroatoms. The van der Waals surface area contributed by atoms with E-state index in [2.05, 4.69) is 37.1 Å². The van der Waals surface area contributed by atoms with Gasteiger partial charge in [-0.1, -0.05) is 30.3 Å². The smallest absolute Gasteiger partial charge is 0.406 e. The van der Waals surface area contributed by atoms with Gasteiger partial charge in [0.2, 0.25) is 0 Å². The van der Waals surface area contributed by atoms with Crippen molar-refractivity contribution >= 4 is 5.82 Å². The molecule has 1 fully saturated rings. The first-order chi connectivity index (χ1) is 14.5. The molecule has 0 amide bonds. The van der Waals surface area contributed by atoms with Crippen LogP contribution >= 0.6 is 0 Å². The summed E-state index contributed by atoms with van der Waals surface area (Å²) >= 11 is 0. The number of ether oxygens (including phenoxy) is 1. The quantitative estimate of drug-likeness (QED) is 0.632. The number of nitrogens with one attached hydrogen (secondary N) is 1. The van der Waals surface area contributed by atoms with Crippen molar-refractivity contribution in [2.75, 3.05) is 18.4 Å². The Morgan fingerprint density at radius 2 is 1.73 bits per heavy atom. The van der Waals surface area contributed by atoms with Crippen LogP contribution in [-0.2, 0) is 6.54 Å². The van der Waals surface area contributed by atoms with Crippen LogP contribution in [-0.4, -0.2) is 40.4 Å². The molecule has 1 aliphatic rings. The zero-order chi connectivity index (χ0) is 21.0. The van der Waals surface area contributed by atoms with Gasteiger partial charge in [0.25, 0.3) is 0 Å². The van der Waals surface area contributed by atoms with Gasteiger partial charge in [-0.15, -0.1) is 13.2 Å². The molecule has 1 saturated heterocycles. The third-order valence-corrected chi connectivity index (χ3v) is 4.92. The minimum atomic E-state index is -4.71. The molecule has 0 aliphatic carbocycles. The van der Waals surface area contributed by atoms with Crippen LogP contribution in [0.2, 0.25) is 0 Å². The standard InChI is InChI=1S/C22H21F3N4O/c23-22(24,25)30-19-8-6-17(7-9-19)20-21(27-12-11-26-20)28-18-10-13-29(15-18)14-16-4-2-1-3-5-16/h1-9,11-12,18H,10,13-15H2,(H,27,28)/t18-/m0/s1. The molecular weight excluding hydrogens is 393 g/mol. The van der Waals surface area contributed by atoms with Gasteiger partial charge >= 0.3 is 6.36 Å². The van der Waals surface area contributed by atoms with Gasteiger partial charge in [-0.05, 0) is 36.2 Å². The molecular formula is C22H21F3N4O. The van der Waals surface area contributed by atoms with E-state index in [1.165, 1.54) is 17.7 Å². The van der Waals surface area contributed by atoms with Crippen molar-refractivity contribution in [3.8, 4) is 17.0 Å². The molecule has 1 N–H and O–H groups in total. The van der Waals surface area contributed by atoms with Crippen molar-refractivity contribution in [3.63, 3.8) is 0 Å². The average molecular weight is 414 g/mol. The van der Waals surface area contributed by atoms with E-state index in [9.17, 15) is 13.2 Å². The Balaban J connectivity index is 1.43. The number of anilines is 1. The zero-order valence-electron chi connectivity index (χ0n) is 16.1. The number of benzene rings is 2. The predicted octanol–water partition coefficient (Wildman–Crippen LogP) is 4.73. The summed E-state index contributed by atoms with van der Waals surface area (Å²) in [6, 6.07) is 16.2. The maximum absolute atomic E-state index is 12.4. The highest BCUT2D eigenvalue weighted by Gasteiger charge is 2.31. The largest absolute Gasteiger partial charge is 0.573 e. The summed E-state index contributed by atoms with van der Waals surface area (Å²) in [5, 5.41) is 3.45. The van der Waals surface area contributed by atoms with E-state index in [1.54, 1.807) is 24.5 Å². The topological polar surface area (TPSA) is 50.3 Å². The molecule has 0 radical (unpaired) electrons. The fourth-order valence-electron chi connectivity index (χ4n) is 3.60. The Morgan fingerprint density at radius 1 is 1.00 bits per heavy atom. The van der Waals surface area contributed by atoms with Crippen LogP contribution in [0.1, 0.15) is 12.0 Å². The highest BCUT2D eigenvalue weighted by atomic mass is 19.4. The van der Waals surface area contributed by atoms with Gasteiger partial charge in [-0.2, -0.15) is 0 Å². The van der Waals surface area contributed by atoms with Gasteiger partial charge < -0.3 is 10.1 Å². The Labute approximate surface area is 172 Å². The van der Waals surface area contributed by atoms with Crippen LogP contribution in [0.5, 0.6) is 5.75 Å². The van der Waals surface area contributed by atoms with Gasteiger partial charge in [0.05, 0.1) is 0 Å². The number of hydrogen-bond acceptors (Lipinski definition) is 5. The lowest BCUT2D eigenvalue weighted by atomic mass is 10.1. The van der Waals surface area contributed by atoms with E-state index >= 15 is 0 Å². The number of halogens is 3. The average Bonchev–Trinajstić information content (AvgIpc) is 3.15. The van der Waals surface area contributed by atoms with E-state index in [4.69, 9.17) is 0 Å². The van der Waals surface area contributed by atoms with E-state index in [0.717, 1.165) is 26.1 Å².